The zero-order valence-electron chi connectivity index (χ0n) is 47.4. The largest absolute Gasteiger partial charge is 0.256 e. The van der Waals surface area contributed by atoms with Crippen LogP contribution in [0, 0.1) is 0 Å². The molecule has 11 aromatic carbocycles. The first-order valence-electron chi connectivity index (χ1n) is 29.7. The Morgan fingerprint density at radius 1 is 0.193 bits per heavy atom. The Morgan fingerprint density at radius 3 is 0.920 bits per heavy atom. The Bertz CT molecular complexity index is 4890. The molecule has 2 bridgehead atoms. The standard InChI is InChI=1S/C80H50N8/c1-3-17-51(18-4-1)75-83-77(87-79(85-75)67-27-13-9-23-61(67)59-43-57-21-7-15-29-71(57)81-47-59)53-35-31-49(32-36-53)55-39-41-65-69(45-55)73-63-25-11-12-26-64(63)74(65)70-46-56(40-42-66(70)73)50-33-37-54(38-34-50)78-84-76(52-19-5-2-6-20-52)86-80(88-78)68-28-14-10-24-62(68)60-44-58-22-8-16-30-72(58)82-48-60/h1-48,73-74H. The fourth-order valence-electron chi connectivity index (χ4n) is 13.2. The summed E-state index contributed by atoms with van der Waals surface area (Å²) >= 11 is 0. The van der Waals surface area contributed by atoms with Crippen LogP contribution in [0.3, 0.4) is 0 Å². The van der Waals surface area contributed by atoms with Crippen LogP contribution in [0.4, 0.5) is 0 Å². The normalized spacial score (nSPS) is 13.7. The molecule has 0 N–H and O–H groups in total. The van der Waals surface area contributed by atoms with E-state index in [9.17, 15) is 0 Å². The highest BCUT2D eigenvalue weighted by Gasteiger charge is 2.41. The number of pyridine rings is 2. The Hall–Kier alpha value is -11.7. The number of benzene rings is 11. The zero-order chi connectivity index (χ0) is 58.1. The van der Waals surface area contributed by atoms with Crippen LogP contribution in [-0.2, 0) is 0 Å². The molecule has 2 atom stereocenters. The Morgan fingerprint density at radius 2 is 0.500 bits per heavy atom. The molecule has 8 nitrogen and oxygen atoms in total. The maximum Gasteiger partial charge on any atom is 0.164 e. The molecule has 18 rings (SSSR count). The number of rotatable bonds is 10. The van der Waals surface area contributed by atoms with E-state index < -0.39 is 0 Å². The van der Waals surface area contributed by atoms with Gasteiger partial charge in [-0.3, -0.25) is 9.97 Å². The van der Waals surface area contributed by atoms with Gasteiger partial charge in [0.05, 0.1) is 11.0 Å². The summed E-state index contributed by atoms with van der Waals surface area (Å²) in [6.07, 6.45) is 3.87. The van der Waals surface area contributed by atoms with Crippen molar-refractivity contribution in [2.24, 2.45) is 0 Å². The average Bonchev–Trinajstić information content (AvgIpc) is 0.867. The number of aromatic nitrogens is 8. The van der Waals surface area contributed by atoms with Gasteiger partial charge in [0.15, 0.2) is 34.9 Å². The van der Waals surface area contributed by atoms with Gasteiger partial charge in [0, 0.05) is 79.5 Å². The molecule has 0 radical (unpaired) electrons. The van der Waals surface area contributed by atoms with Gasteiger partial charge in [0.1, 0.15) is 0 Å². The number of hydrogen-bond donors (Lipinski definition) is 0. The molecule has 3 aliphatic rings. The minimum Gasteiger partial charge on any atom is -0.256 e. The summed E-state index contributed by atoms with van der Waals surface area (Å²) in [5.41, 5.74) is 24.1. The van der Waals surface area contributed by atoms with Gasteiger partial charge in [-0.15, -0.1) is 0 Å². The molecule has 4 heterocycles. The van der Waals surface area contributed by atoms with Gasteiger partial charge in [0.2, 0.25) is 0 Å². The second kappa shape index (κ2) is 21.1. The average molecular weight is 1120 g/mol. The summed E-state index contributed by atoms with van der Waals surface area (Å²) in [5, 5.41) is 2.15. The highest BCUT2D eigenvalue weighted by molar-refractivity contribution is 5.90. The predicted octanol–water partition coefficient (Wildman–Crippen LogP) is 18.8. The van der Waals surface area contributed by atoms with Crippen molar-refractivity contribution in [1.82, 2.24) is 39.9 Å². The van der Waals surface area contributed by atoms with E-state index >= 15 is 0 Å². The Balaban J connectivity index is 0.685. The van der Waals surface area contributed by atoms with E-state index in [1.807, 2.05) is 122 Å². The van der Waals surface area contributed by atoms with Crippen LogP contribution in [0.15, 0.2) is 291 Å². The number of para-hydroxylation sites is 2. The van der Waals surface area contributed by atoms with Crippen molar-refractivity contribution in [2.75, 3.05) is 0 Å². The number of hydrogen-bond acceptors (Lipinski definition) is 8. The molecule has 0 amide bonds. The first-order chi connectivity index (χ1) is 43.6. The molecular weight excluding hydrogens is 1070 g/mol. The monoisotopic (exact) mass is 1120 g/mol. The topological polar surface area (TPSA) is 103 Å². The van der Waals surface area contributed by atoms with Crippen LogP contribution in [0.25, 0.3) is 135 Å². The lowest BCUT2D eigenvalue weighted by atomic mass is 9.60. The third-order valence-electron chi connectivity index (χ3n) is 17.5. The maximum absolute atomic E-state index is 5.21. The quantitative estimate of drug-likeness (QED) is 0.133. The first kappa shape index (κ1) is 50.7. The van der Waals surface area contributed by atoms with Gasteiger partial charge < -0.3 is 0 Å². The molecule has 15 aromatic rings. The van der Waals surface area contributed by atoms with Crippen molar-refractivity contribution in [3.05, 3.63) is 325 Å². The molecule has 410 valence electrons. The van der Waals surface area contributed by atoms with Crippen molar-refractivity contribution in [3.8, 4) is 113 Å². The lowest BCUT2D eigenvalue weighted by Crippen LogP contribution is -2.27. The van der Waals surface area contributed by atoms with Gasteiger partial charge in [0.25, 0.3) is 0 Å². The van der Waals surface area contributed by atoms with E-state index in [0.29, 0.717) is 34.9 Å². The second-order valence-corrected chi connectivity index (χ2v) is 22.6. The molecule has 2 unspecified atom stereocenters. The van der Waals surface area contributed by atoms with Crippen molar-refractivity contribution >= 4 is 21.8 Å². The molecule has 0 fully saturated rings. The third-order valence-corrected chi connectivity index (χ3v) is 17.5. The van der Waals surface area contributed by atoms with Crippen LogP contribution in [0.2, 0.25) is 0 Å². The van der Waals surface area contributed by atoms with E-state index in [2.05, 4.69) is 170 Å². The number of fused-ring (bicyclic) bond motifs is 2. The first-order valence-corrected chi connectivity index (χ1v) is 29.7. The maximum atomic E-state index is 5.21. The molecule has 0 spiro atoms. The third kappa shape index (κ3) is 8.93. The minimum absolute atomic E-state index is 0.0923. The van der Waals surface area contributed by atoms with Gasteiger partial charge in [-0.2, -0.15) is 0 Å². The molecule has 0 saturated heterocycles. The van der Waals surface area contributed by atoms with Crippen LogP contribution in [0.5, 0.6) is 0 Å². The summed E-state index contributed by atoms with van der Waals surface area (Å²) < 4.78 is 0. The van der Waals surface area contributed by atoms with Gasteiger partial charge >= 0.3 is 0 Å². The highest BCUT2D eigenvalue weighted by atomic mass is 15.0. The summed E-state index contributed by atoms with van der Waals surface area (Å²) in [5.74, 6) is 3.83. The molecule has 4 aromatic heterocycles. The second-order valence-electron chi connectivity index (χ2n) is 22.6. The van der Waals surface area contributed by atoms with Crippen molar-refractivity contribution < 1.29 is 0 Å². The SMILES string of the molecule is c1ccc(-c2nc(-c3ccc(-c4ccc5c(c4)C4c6ccccc6C5c5cc(-c6ccc(-c7nc(-c8ccccc8)nc(-c8ccccc8-c8cnc9ccccc9c8)n7)cc6)ccc54)cc3)nc(-c3ccccc3-c3cnc4ccccc4c3)n2)cc1. The molecule has 0 aliphatic heterocycles. The van der Waals surface area contributed by atoms with Gasteiger partial charge in [-0.1, -0.05) is 243 Å². The molecular formula is C80H50N8. The minimum atomic E-state index is 0.0923. The lowest BCUT2D eigenvalue weighted by molar-refractivity contribution is 0.755. The van der Waals surface area contributed by atoms with Crippen molar-refractivity contribution in [1.29, 1.82) is 0 Å². The van der Waals surface area contributed by atoms with E-state index in [1.54, 1.807) is 0 Å². The van der Waals surface area contributed by atoms with Crippen LogP contribution < -0.4 is 0 Å². The van der Waals surface area contributed by atoms with Crippen LogP contribution in [0.1, 0.15) is 45.2 Å². The molecule has 88 heavy (non-hydrogen) atoms. The van der Waals surface area contributed by atoms with Gasteiger partial charge in [-0.25, -0.2) is 29.9 Å². The molecule has 8 heteroatoms. The predicted molar refractivity (Wildman–Crippen MR) is 353 cm³/mol. The van der Waals surface area contributed by atoms with Crippen molar-refractivity contribution in [2.45, 2.75) is 11.8 Å². The fourth-order valence-corrected chi connectivity index (χ4v) is 13.2. The van der Waals surface area contributed by atoms with Crippen LogP contribution >= 0.6 is 0 Å². The summed E-state index contributed by atoms with van der Waals surface area (Å²) in [6.45, 7) is 0. The lowest BCUT2D eigenvalue weighted by Gasteiger charge is -2.42. The van der Waals surface area contributed by atoms with Crippen LogP contribution in [-0.4, -0.2) is 39.9 Å². The number of nitrogens with zero attached hydrogens (tertiary/aromatic N) is 8. The zero-order valence-corrected chi connectivity index (χ0v) is 47.4. The molecule has 0 saturated carbocycles. The fraction of sp³-hybridized carbons (Fsp3) is 0.0250. The van der Waals surface area contributed by atoms with E-state index in [-0.39, 0.29) is 11.8 Å². The molecule has 3 aliphatic carbocycles. The highest BCUT2D eigenvalue weighted by Crippen LogP contribution is 2.57. The van der Waals surface area contributed by atoms with E-state index in [4.69, 9.17) is 39.9 Å². The van der Waals surface area contributed by atoms with Crippen molar-refractivity contribution in [3.63, 3.8) is 0 Å². The van der Waals surface area contributed by atoms with E-state index in [1.165, 1.54) is 44.5 Å². The summed E-state index contributed by atoms with van der Waals surface area (Å²) in [4.78, 5) is 40.5. The Labute approximate surface area is 508 Å². The Kier molecular flexibility index (Phi) is 12.2. The summed E-state index contributed by atoms with van der Waals surface area (Å²) in [6, 6.07) is 98.2. The summed E-state index contributed by atoms with van der Waals surface area (Å²) in [7, 11) is 0. The van der Waals surface area contributed by atoms with E-state index in [0.717, 1.165) is 88.6 Å². The van der Waals surface area contributed by atoms with Gasteiger partial charge in [-0.05, 0) is 103 Å². The smallest absolute Gasteiger partial charge is 0.164 e.